The Bertz CT molecular complexity index is 293. The van der Waals surface area contributed by atoms with Gasteiger partial charge in [-0.25, -0.2) is 0 Å². The summed E-state index contributed by atoms with van der Waals surface area (Å²) in [6.07, 6.45) is 5.45. The first-order valence-corrected chi connectivity index (χ1v) is 5.34. The molecule has 2 unspecified atom stereocenters. The van der Waals surface area contributed by atoms with Crippen molar-refractivity contribution < 1.29 is 14.3 Å². The molecule has 0 aromatic carbocycles. The fourth-order valence-electron chi connectivity index (χ4n) is 2.02. The molecule has 1 rings (SSSR count). The van der Waals surface area contributed by atoms with Crippen molar-refractivity contribution in [2.75, 3.05) is 7.11 Å². The molecule has 15 heavy (non-hydrogen) atoms. The van der Waals surface area contributed by atoms with Crippen molar-refractivity contribution in [1.82, 2.24) is 0 Å². The van der Waals surface area contributed by atoms with E-state index >= 15 is 0 Å². The number of esters is 1. The molecule has 1 aliphatic rings. The highest BCUT2D eigenvalue weighted by Gasteiger charge is 2.40. The van der Waals surface area contributed by atoms with E-state index in [1.807, 2.05) is 19.9 Å². The Morgan fingerprint density at radius 2 is 2.33 bits per heavy atom. The van der Waals surface area contributed by atoms with Crippen LogP contribution in [-0.2, 0) is 14.3 Å². The summed E-state index contributed by atoms with van der Waals surface area (Å²) < 4.78 is 4.83. The second kappa shape index (κ2) is 4.60. The van der Waals surface area contributed by atoms with Gasteiger partial charge in [0.15, 0.2) is 5.78 Å². The van der Waals surface area contributed by atoms with Gasteiger partial charge in [-0.15, -0.1) is 0 Å². The fourth-order valence-corrected chi connectivity index (χ4v) is 2.02. The molecule has 0 saturated heterocycles. The van der Waals surface area contributed by atoms with Gasteiger partial charge in [0, 0.05) is 6.42 Å². The number of carbonyl (C=O) groups is 2. The van der Waals surface area contributed by atoms with Crippen LogP contribution in [0.3, 0.4) is 0 Å². The zero-order valence-electron chi connectivity index (χ0n) is 9.58. The van der Waals surface area contributed by atoms with E-state index < -0.39 is 5.41 Å². The molecule has 0 aromatic heterocycles. The number of ketones is 1. The largest absolute Gasteiger partial charge is 0.469 e. The van der Waals surface area contributed by atoms with Crippen LogP contribution in [0.25, 0.3) is 0 Å². The summed E-state index contributed by atoms with van der Waals surface area (Å²) in [5.74, 6) is 0.0798. The smallest absolute Gasteiger partial charge is 0.312 e. The molecule has 0 bridgehead atoms. The minimum absolute atomic E-state index is 0.118. The van der Waals surface area contributed by atoms with Gasteiger partial charge in [0.05, 0.1) is 12.5 Å². The Hall–Kier alpha value is -1.12. The molecule has 84 valence electrons. The van der Waals surface area contributed by atoms with Crippen molar-refractivity contribution in [1.29, 1.82) is 0 Å². The minimum Gasteiger partial charge on any atom is -0.469 e. The summed E-state index contributed by atoms with van der Waals surface area (Å²) in [6.45, 7) is 3.88. The zero-order chi connectivity index (χ0) is 11.5. The van der Waals surface area contributed by atoms with Gasteiger partial charge < -0.3 is 4.74 Å². The average Bonchev–Trinajstić information content (AvgIpc) is 2.27. The topological polar surface area (TPSA) is 43.4 Å². The number of hydrogen-bond acceptors (Lipinski definition) is 3. The average molecular weight is 210 g/mol. The molecule has 0 aliphatic heterocycles. The van der Waals surface area contributed by atoms with E-state index in [1.165, 1.54) is 7.11 Å². The second-order valence-electron chi connectivity index (χ2n) is 4.23. The fraction of sp³-hybridized carbons (Fsp3) is 0.667. The third kappa shape index (κ3) is 2.28. The summed E-state index contributed by atoms with van der Waals surface area (Å²) in [6, 6.07) is 0. The van der Waals surface area contributed by atoms with Crippen LogP contribution in [-0.4, -0.2) is 18.9 Å². The third-order valence-corrected chi connectivity index (χ3v) is 3.42. The van der Waals surface area contributed by atoms with Crippen molar-refractivity contribution in [3.63, 3.8) is 0 Å². The lowest BCUT2D eigenvalue weighted by Gasteiger charge is -2.33. The van der Waals surface area contributed by atoms with Gasteiger partial charge >= 0.3 is 5.97 Å². The molecule has 0 spiro atoms. The third-order valence-electron chi connectivity index (χ3n) is 3.42. The van der Waals surface area contributed by atoms with Gasteiger partial charge in [0.25, 0.3) is 0 Å². The van der Waals surface area contributed by atoms with Gasteiger partial charge in [0.1, 0.15) is 0 Å². The van der Waals surface area contributed by atoms with Crippen LogP contribution in [0.15, 0.2) is 12.2 Å². The van der Waals surface area contributed by atoms with E-state index in [1.54, 1.807) is 6.08 Å². The van der Waals surface area contributed by atoms with Crippen molar-refractivity contribution in [3.05, 3.63) is 12.2 Å². The Balaban J connectivity index is 2.87. The lowest BCUT2D eigenvalue weighted by atomic mass is 9.71. The van der Waals surface area contributed by atoms with Crippen LogP contribution in [0.5, 0.6) is 0 Å². The molecular formula is C12H18O3. The maximum Gasteiger partial charge on any atom is 0.312 e. The summed E-state index contributed by atoms with van der Waals surface area (Å²) >= 11 is 0. The molecule has 0 N–H and O–H groups in total. The monoisotopic (exact) mass is 210 g/mol. The first-order chi connectivity index (χ1) is 7.04. The number of carbonyl (C=O) groups excluding carboxylic acids is 2. The molecule has 1 aliphatic carbocycles. The number of hydrogen-bond donors (Lipinski definition) is 0. The van der Waals surface area contributed by atoms with E-state index in [0.29, 0.717) is 6.42 Å². The zero-order valence-corrected chi connectivity index (χ0v) is 9.58. The lowest BCUT2D eigenvalue weighted by Crippen LogP contribution is -2.36. The number of allylic oxidation sites excluding steroid dienone is 2. The highest BCUT2D eigenvalue weighted by Crippen LogP contribution is 2.38. The van der Waals surface area contributed by atoms with E-state index in [0.717, 1.165) is 12.8 Å². The maximum absolute atomic E-state index is 11.7. The number of methoxy groups -OCH3 is 1. The van der Waals surface area contributed by atoms with E-state index in [-0.39, 0.29) is 17.7 Å². The molecule has 2 atom stereocenters. The molecule has 0 fully saturated rings. The van der Waals surface area contributed by atoms with Crippen LogP contribution in [0.1, 0.15) is 33.1 Å². The van der Waals surface area contributed by atoms with Crippen molar-refractivity contribution in [2.24, 2.45) is 11.3 Å². The summed E-state index contributed by atoms with van der Waals surface area (Å²) in [5.41, 5.74) is -0.494. The molecular weight excluding hydrogens is 192 g/mol. The normalized spacial score (nSPS) is 24.7. The predicted molar refractivity (Wildman–Crippen MR) is 57.3 cm³/mol. The first-order valence-electron chi connectivity index (χ1n) is 5.34. The molecule has 0 radical (unpaired) electrons. The first kappa shape index (κ1) is 12.0. The highest BCUT2D eigenvalue weighted by atomic mass is 16.5. The highest BCUT2D eigenvalue weighted by molar-refractivity contribution is 5.90. The van der Waals surface area contributed by atoms with Crippen LogP contribution in [0.4, 0.5) is 0 Å². The molecule has 3 heteroatoms. The molecule has 0 heterocycles. The van der Waals surface area contributed by atoms with E-state index in [4.69, 9.17) is 4.74 Å². The van der Waals surface area contributed by atoms with E-state index in [9.17, 15) is 9.59 Å². The Labute approximate surface area is 90.5 Å². The summed E-state index contributed by atoms with van der Waals surface area (Å²) in [4.78, 5) is 22.8. The lowest BCUT2D eigenvalue weighted by molar-refractivity contribution is -0.155. The second-order valence-corrected chi connectivity index (χ2v) is 4.23. The molecule has 3 nitrogen and oxygen atoms in total. The van der Waals surface area contributed by atoms with Gasteiger partial charge in [-0.05, 0) is 31.8 Å². The minimum atomic E-state index is -0.494. The van der Waals surface area contributed by atoms with Crippen molar-refractivity contribution >= 4 is 11.8 Å². The summed E-state index contributed by atoms with van der Waals surface area (Å²) in [7, 11) is 1.41. The molecule has 0 saturated carbocycles. The van der Waals surface area contributed by atoms with Gasteiger partial charge in [-0.2, -0.15) is 0 Å². The molecule has 0 amide bonds. The SMILES string of the molecule is CCC(C)(C(=O)OC)C1C=CC(=O)CC1. The number of ether oxygens (including phenoxy) is 1. The van der Waals surface area contributed by atoms with E-state index in [2.05, 4.69) is 0 Å². The maximum atomic E-state index is 11.7. The van der Waals surface area contributed by atoms with Crippen LogP contribution >= 0.6 is 0 Å². The Morgan fingerprint density at radius 1 is 1.67 bits per heavy atom. The van der Waals surface area contributed by atoms with Gasteiger partial charge in [0.2, 0.25) is 0 Å². The van der Waals surface area contributed by atoms with Gasteiger partial charge in [-0.3, -0.25) is 9.59 Å². The van der Waals surface area contributed by atoms with Crippen molar-refractivity contribution in [2.45, 2.75) is 33.1 Å². The Kier molecular flexibility index (Phi) is 3.66. The van der Waals surface area contributed by atoms with Crippen LogP contribution in [0, 0.1) is 11.3 Å². The Morgan fingerprint density at radius 3 is 2.73 bits per heavy atom. The van der Waals surface area contributed by atoms with Crippen LogP contribution in [0.2, 0.25) is 0 Å². The van der Waals surface area contributed by atoms with Gasteiger partial charge in [-0.1, -0.05) is 13.0 Å². The standard InChI is InChI=1S/C12H18O3/c1-4-12(2,11(14)15-3)9-5-7-10(13)8-6-9/h5,7,9H,4,6,8H2,1-3H3. The predicted octanol–water partition coefficient (Wildman–Crippen LogP) is 2.11. The van der Waals surface area contributed by atoms with Crippen molar-refractivity contribution in [3.8, 4) is 0 Å². The molecule has 0 aromatic rings. The van der Waals surface area contributed by atoms with Crippen LogP contribution < -0.4 is 0 Å². The quantitative estimate of drug-likeness (QED) is 0.670. The summed E-state index contributed by atoms with van der Waals surface area (Å²) in [5, 5.41) is 0. The number of rotatable bonds is 3.